The number of hydrogen-bond acceptors (Lipinski definition) is 2. The second kappa shape index (κ2) is 5.57. The van der Waals surface area contributed by atoms with Crippen molar-refractivity contribution in [3.05, 3.63) is 71.2 Å². The average molecular weight is 312 g/mol. The number of fused-ring (bicyclic) bond motifs is 1. The molecule has 0 atom stereocenters. The van der Waals surface area contributed by atoms with Gasteiger partial charge in [-0.3, -0.25) is 4.79 Å². The fraction of sp³-hybridized carbons (Fsp3) is 0.0588. The smallest absolute Gasteiger partial charge is 0.335 e. The third-order valence-electron chi connectivity index (χ3n) is 3.69. The van der Waals surface area contributed by atoms with Gasteiger partial charge in [-0.2, -0.15) is 0 Å². The van der Waals surface area contributed by atoms with Crippen molar-refractivity contribution in [2.45, 2.75) is 6.54 Å². The third kappa shape index (κ3) is 2.66. The van der Waals surface area contributed by atoms with Gasteiger partial charge in [0.1, 0.15) is 5.82 Å². The van der Waals surface area contributed by atoms with Crippen molar-refractivity contribution >= 4 is 22.8 Å². The van der Waals surface area contributed by atoms with Gasteiger partial charge in [0.2, 0.25) is 0 Å². The lowest BCUT2D eigenvalue weighted by atomic mass is 10.1. The maximum Gasteiger partial charge on any atom is 0.335 e. The molecule has 0 saturated carbocycles. The molecule has 0 saturated heterocycles. The summed E-state index contributed by atoms with van der Waals surface area (Å²) < 4.78 is 15.5. The van der Waals surface area contributed by atoms with Crippen LogP contribution >= 0.6 is 0 Å². The summed E-state index contributed by atoms with van der Waals surface area (Å²) in [5, 5.41) is 9.66. The van der Waals surface area contributed by atoms with Gasteiger partial charge in [0.25, 0.3) is 5.91 Å². The van der Waals surface area contributed by atoms with Gasteiger partial charge in [-0.1, -0.05) is 24.3 Å². The molecule has 0 unspecified atom stereocenters. The highest BCUT2D eigenvalue weighted by Gasteiger charge is 2.15. The molecular weight excluding hydrogens is 299 g/mol. The molecule has 0 aliphatic heterocycles. The van der Waals surface area contributed by atoms with Gasteiger partial charge in [-0.25, -0.2) is 9.18 Å². The lowest BCUT2D eigenvalue weighted by Crippen LogP contribution is -2.10. The molecule has 5 nitrogen and oxygen atoms in total. The van der Waals surface area contributed by atoms with Crippen molar-refractivity contribution in [2.24, 2.45) is 5.73 Å². The minimum Gasteiger partial charge on any atom is -0.478 e. The first kappa shape index (κ1) is 14.8. The first-order valence-electron chi connectivity index (χ1n) is 6.87. The van der Waals surface area contributed by atoms with Gasteiger partial charge >= 0.3 is 5.97 Å². The highest BCUT2D eigenvalue weighted by atomic mass is 19.1. The first-order valence-corrected chi connectivity index (χ1v) is 6.87. The molecule has 0 aliphatic carbocycles. The Kier molecular flexibility index (Phi) is 3.57. The van der Waals surface area contributed by atoms with Crippen LogP contribution in [0.25, 0.3) is 10.9 Å². The zero-order chi connectivity index (χ0) is 16.6. The maximum atomic E-state index is 13.8. The number of amides is 1. The van der Waals surface area contributed by atoms with Crippen LogP contribution in [0.15, 0.2) is 48.7 Å². The van der Waals surface area contributed by atoms with E-state index in [9.17, 15) is 14.0 Å². The van der Waals surface area contributed by atoms with Gasteiger partial charge < -0.3 is 15.4 Å². The largest absolute Gasteiger partial charge is 0.478 e. The van der Waals surface area contributed by atoms with Gasteiger partial charge in [0, 0.05) is 22.7 Å². The number of carboxylic acid groups (broad SMARTS) is 1. The van der Waals surface area contributed by atoms with Crippen molar-refractivity contribution in [1.82, 2.24) is 4.57 Å². The Morgan fingerprint density at radius 2 is 1.91 bits per heavy atom. The van der Waals surface area contributed by atoms with Gasteiger partial charge in [0.15, 0.2) is 0 Å². The number of carbonyl (C=O) groups excluding carboxylic acids is 1. The molecule has 0 radical (unpaired) electrons. The molecule has 1 heterocycles. The number of halogens is 1. The summed E-state index contributed by atoms with van der Waals surface area (Å²) >= 11 is 0. The topological polar surface area (TPSA) is 85.3 Å². The lowest BCUT2D eigenvalue weighted by molar-refractivity contribution is 0.0696. The molecule has 116 valence electrons. The molecule has 0 aliphatic rings. The zero-order valence-electron chi connectivity index (χ0n) is 12.0. The summed E-state index contributed by atoms with van der Waals surface area (Å²) in [5.41, 5.74) is 6.68. The highest BCUT2D eigenvalue weighted by Crippen LogP contribution is 2.24. The molecule has 0 fully saturated rings. The molecule has 0 bridgehead atoms. The van der Waals surface area contributed by atoms with Crippen molar-refractivity contribution in [1.29, 1.82) is 0 Å². The van der Waals surface area contributed by atoms with E-state index in [1.165, 1.54) is 30.5 Å². The van der Waals surface area contributed by atoms with Crippen LogP contribution < -0.4 is 5.73 Å². The van der Waals surface area contributed by atoms with Crippen molar-refractivity contribution in [3.8, 4) is 0 Å². The van der Waals surface area contributed by atoms with Crippen LogP contribution in [-0.4, -0.2) is 21.6 Å². The number of carbonyl (C=O) groups is 2. The number of benzene rings is 2. The van der Waals surface area contributed by atoms with Crippen molar-refractivity contribution in [3.63, 3.8) is 0 Å². The summed E-state index contributed by atoms with van der Waals surface area (Å²) in [6, 6.07) is 10.7. The normalized spacial score (nSPS) is 10.8. The van der Waals surface area contributed by atoms with E-state index in [0.717, 1.165) is 0 Å². The zero-order valence-corrected chi connectivity index (χ0v) is 12.0. The standard InChI is InChI=1S/C17H13FN2O3/c18-14-4-2-1-3-11(14)8-20-9-13(16(19)21)12-6-5-10(17(22)23)7-15(12)20/h1-7,9H,8H2,(H2,19,21)(H,22,23). The number of aromatic carboxylic acids is 1. The molecule has 3 N–H and O–H groups in total. The predicted molar refractivity (Wildman–Crippen MR) is 82.9 cm³/mol. The predicted octanol–water partition coefficient (Wildman–Crippen LogP) is 2.63. The monoisotopic (exact) mass is 312 g/mol. The fourth-order valence-electron chi connectivity index (χ4n) is 2.56. The summed E-state index contributed by atoms with van der Waals surface area (Å²) in [6.07, 6.45) is 1.52. The van der Waals surface area contributed by atoms with E-state index >= 15 is 0 Å². The van der Waals surface area contributed by atoms with E-state index in [0.29, 0.717) is 16.5 Å². The quantitative estimate of drug-likeness (QED) is 0.776. The second-order valence-electron chi connectivity index (χ2n) is 5.16. The lowest BCUT2D eigenvalue weighted by Gasteiger charge is -2.07. The van der Waals surface area contributed by atoms with E-state index in [2.05, 4.69) is 0 Å². The van der Waals surface area contributed by atoms with Gasteiger partial charge in [-0.15, -0.1) is 0 Å². The average Bonchev–Trinajstić information content (AvgIpc) is 2.88. The first-order chi connectivity index (χ1) is 11.0. The minimum atomic E-state index is -1.08. The Morgan fingerprint density at radius 1 is 1.17 bits per heavy atom. The Labute approximate surface area is 130 Å². The summed E-state index contributed by atoms with van der Waals surface area (Å²) in [6.45, 7) is 0.166. The van der Waals surface area contributed by atoms with Crippen molar-refractivity contribution < 1.29 is 19.1 Å². The van der Waals surface area contributed by atoms with E-state index < -0.39 is 11.9 Å². The molecule has 3 aromatic rings. The molecule has 1 aromatic heterocycles. The Morgan fingerprint density at radius 3 is 2.57 bits per heavy atom. The Hall–Kier alpha value is -3.15. The van der Waals surface area contributed by atoms with Crippen LogP contribution in [0.3, 0.4) is 0 Å². The molecule has 2 aromatic carbocycles. The summed E-state index contributed by atoms with van der Waals surface area (Å²) in [7, 11) is 0. The number of hydrogen-bond donors (Lipinski definition) is 2. The molecule has 23 heavy (non-hydrogen) atoms. The Bertz CT molecular complexity index is 931. The molecule has 1 amide bonds. The van der Waals surface area contributed by atoms with Gasteiger partial charge in [-0.05, 0) is 18.2 Å². The van der Waals surface area contributed by atoms with Gasteiger partial charge in [0.05, 0.1) is 17.7 Å². The SMILES string of the molecule is NC(=O)c1cn(Cc2ccccc2F)c2cc(C(=O)O)ccc12. The summed E-state index contributed by atoms with van der Waals surface area (Å²) in [4.78, 5) is 22.7. The van der Waals surface area contributed by atoms with Crippen LogP contribution in [0.2, 0.25) is 0 Å². The number of aromatic nitrogens is 1. The van der Waals surface area contributed by atoms with E-state index in [4.69, 9.17) is 10.8 Å². The van der Waals surface area contributed by atoms with Crippen molar-refractivity contribution in [2.75, 3.05) is 0 Å². The van der Waals surface area contributed by atoms with Crippen LogP contribution in [0.5, 0.6) is 0 Å². The number of rotatable bonds is 4. The van der Waals surface area contributed by atoms with Crippen LogP contribution in [-0.2, 0) is 6.54 Å². The second-order valence-corrected chi connectivity index (χ2v) is 5.16. The van der Waals surface area contributed by atoms with Crippen LogP contribution in [0.1, 0.15) is 26.3 Å². The minimum absolute atomic E-state index is 0.0846. The van der Waals surface area contributed by atoms with E-state index in [1.54, 1.807) is 22.8 Å². The maximum absolute atomic E-state index is 13.8. The van der Waals surface area contributed by atoms with Crippen LogP contribution in [0.4, 0.5) is 4.39 Å². The number of nitrogens with zero attached hydrogens (tertiary/aromatic N) is 1. The number of nitrogens with two attached hydrogens (primary N) is 1. The number of primary amides is 1. The van der Waals surface area contributed by atoms with Crippen LogP contribution in [0, 0.1) is 5.82 Å². The molecule has 0 spiro atoms. The van der Waals surface area contributed by atoms with E-state index in [-0.39, 0.29) is 23.5 Å². The fourth-order valence-corrected chi connectivity index (χ4v) is 2.56. The number of carboxylic acids is 1. The molecule has 3 rings (SSSR count). The highest BCUT2D eigenvalue weighted by molar-refractivity contribution is 6.07. The third-order valence-corrected chi connectivity index (χ3v) is 3.69. The Balaban J connectivity index is 2.18. The van der Waals surface area contributed by atoms with E-state index in [1.807, 2.05) is 0 Å². The summed E-state index contributed by atoms with van der Waals surface area (Å²) in [5.74, 6) is -2.07. The molecule has 6 heteroatoms. The molecular formula is C17H13FN2O3.